The Bertz CT molecular complexity index is 1030. The molecule has 4 rings (SSSR count). The van der Waals surface area contributed by atoms with Crippen LogP contribution >= 0.6 is 23.2 Å². The van der Waals surface area contributed by atoms with E-state index in [1.807, 2.05) is 30.3 Å². The number of nitrogens with zero attached hydrogens (tertiary/aromatic N) is 4. The Kier molecular flexibility index (Phi) is 3.80. The third-order valence-electron chi connectivity index (χ3n) is 3.57. The van der Waals surface area contributed by atoms with Crippen LogP contribution in [0.4, 0.5) is 11.5 Å². The highest BCUT2D eigenvalue weighted by Crippen LogP contribution is 2.29. The molecule has 0 saturated heterocycles. The summed E-state index contributed by atoms with van der Waals surface area (Å²) in [4.78, 5) is 4.35. The molecule has 1 N–H and O–H groups in total. The number of rotatable bonds is 3. The molecule has 0 aliphatic heterocycles. The fourth-order valence-electron chi connectivity index (χ4n) is 2.44. The van der Waals surface area contributed by atoms with Crippen LogP contribution in [0.5, 0.6) is 0 Å². The maximum atomic E-state index is 6.05. The van der Waals surface area contributed by atoms with Gasteiger partial charge in [-0.05, 0) is 48.0 Å². The van der Waals surface area contributed by atoms with Gasteiger partial charge in [0.25, 0.3) is 0 Å². The summed E-state index contributed by atoms with van der Waals surface area (Å²) in [5.74, 6) is 0.703. The first-order valence-corrected chi connectivity index (χ1v) is 7.94. The number of benzene rings is 1. The Morgan fingerprint density at radius 2 is 1.83 bits per heavy atom. The SMILES string of the molecule is Clc1ccc(Nc2cc(-c3cnn4ncccc34)ccn2)cc1Cl. The fourth-order valence-corrected chi connectivity index (χ4v) is 2.74. The predicted molar refractivity (Wildman–Crippen MR) is 96.0 cm³/mol. The maximum Gasteiger partial charge on any atom is 0.130 e. The van der Waals surface area contributed by atoms with Crippen LogP contribution in [0.15, 0.2) is 61.1 Å². The molecule has 4 aromatic rings. The van der Waals surface area contributed by atoms with Crippen molar-refractivity contribution < 1.29 is 0 Å². The van der Waals surface area contributed by atoms with E-state index < -0.39 is 0 Å². The summed E-state index contributed by atoms with van der Waals surface area (Å²) in [7, 11) is 0. The van der Waals surface area contributed by atoms with Crippen LogP contribution in [-0.2, 0) is 0 Å². The van der Waals surface area contributed by atoms with Gasteiger partial charge in [-0.1, -0.05) is 23.2 Å². The van der Waals surface area contributed by atoms with Crippen molar-refractivity contribution in [2.24, 2.45) is 0 Å². The molecule has 0 radical (unpaired) electrons. The maximum absolute atomic E-state index is 6.05. The van der Waals surface area contributed by atoms with Gasteiger partial charge in [0, 0.05) is 23.6 Å². The quantitative estimate of drug-likeness (QED) is 0.571. The van der Waals surface area contributed by atoms with Crippen molar-refractivity contribution in [2.45, 2.75) is 0 Å². The van der Waals surface area contributed by atoms with Crippen LogP contribution in [0.1, 0.15) is 0 Å². The second-order valence-electron chi connectivity index (χ2n) is 5.14. The van der Waals surface area contributed by atoms with Crippen LogP contribution in [0.3, 0.4) is 0 Å². The first kappa shape index (κ1) is 14.9. The molecule has 0 atom stereocenters. The minimum Gasteiger partial charge on any atom is -0.340 e. The van der Waals surface area contributed by atoms with Gasteiger partial charge in [-0.2, -0.15) is 14.8 Å². The van der Waals surface area contributed by atoms with E-state index in [2.05, 4.69) is 20.5 Å². The normalized spacial score (nSPS) is 10.9. The van der Waals surface area contributed by atoms with E-state index in [1.54, 1.807) is 35.4 Å². The second-order valence-corrected chi connectivity index (χ2v) is 5.95. The van der Waals surface area contributed by atoms with Crippen molar-refractivity contribution >= 4 is 40.2 Å². The van der Waals surface area contributed by atoms with E-state index in [0.29, 0.717) is 15.9 Å². The summed E-state index contributed by atoms with van der Waals surface area (Å²) in [6.07, 6.45) is 5.24. The summed E-state index contributed by atoms with van der Waals surface area (Å²) >= 11 is 12.0. The van der Waals surface area contributed by atoms with Crippen LogP contribution in [0, 0.1) is 0 Å². The summed E-state index contributed by atoms with van der Waals surface area (Å²) in [6.45, 7) is 0. The zero-order valence-electron chi connectivity index (χ0n) is 12.3. The average Bonchev–Trinajstić information content (AvgIpc) is 3.03. The van der Waals surface area contributed by atoms with E-state index in [4.69, 9.17) is 23.2 Å². The number of hydrogen-bond acceptors (Lipinski definition) is 4. The smallest absolute Gasteiger partial charge is 0.130 e. The highest BCUT2D eigenvalue weighted by atomic mass is 35.5. The summed E-state index contributed by atoms with van der Waals surface area (Å²) in [5.41, 5.74) is 3.73. The predicted octanol–water partition coefficient (Wildman–Crippen LogP) is 4.84. The van der Waals surface area contributed by atoms with E-state index in [0.717, 1.165) is 22.3 Å². The highest BCUT2D eigenvalue weighted by Gasteiger charge is 2.08. The molecule has 1 aromatic carbocycles. The molecule has 0 bridgehead atoms. The van der Waals surface area contributed by atoms with Crippen molar-refractivity contribution in [3.63, 3.8) is 0 Å². The summed E-state index contributed by atoms with van der Waals surface area (Å²) in [6, 6.07) is 13.1. The molecule has 3 aromatic heterocycles. The van der Waals surface area contributed by atoms with Crippen LogP contribution in [-0.4, -0.2) is 19.8 Å². The van der Waals surface area contributed by atoms with Gasteiger partial charge >= 0.3 is 0 Å². The molecule has 0 unspecified atom stereocenters. The number of fused-ring (bicyclic) bond motifs is 1. The average molecular weight is 356 g/mol. The number of nitrogens with one attached hydrogen (secondary N) is 1. The zero-order valence-corrected chi connectivity index (χ0v) is 13.8. The molecular formula is C17H11Cl2N5. The Hall–Kier alpha value is -2.63. The lowest BCUT2D eigenvalue weighted by molar-refractivity contribution is 0.800. The van der Waals surface area contributed by atoms with E-state index >= 15 is 0 Å². The molecule has 0 fully saturated rings. The molecule has 24 heavy (non-hydrogen) atoms. The molecule has 0 spiro atoms. The number of pyridine rings is 1. The number of hydrogen-bond donors (Lipinski definition) is 1. The minimum absolute atomic E-state index is 0.492. The first-order chi connectivity index (χ1) is 11.7. The van der Waals surface area contributed by atoms with Crippen LogP contribution < -0.4 is 5.32 Å². The highest BCUT2D eigenvalue weighted by molar-refractivity contribution is 6.42. The lowest BCUT2D eigenvalue weighted by atomic mass is 10.1. The largest absolute Gasteiger partial charge is 0.340 e. The van der Waals surface area contributed by atoms with E-state index in [9.17, 15) is 0 Å². The molecule has 0 aliphatic carbocycles. The Labute approximate surface area is 147 Å². The second kappa shape index (κ2) is 6.11. The standard InChI is InChI=1S/C17H11Cl2N5/c18-14-4-3-12(9-15(14)19)23-17-8-11(5-7-20-17)13-10-22-24-16(13)2-1-6-21-24/h1-10H,(H,20,23). The van der Waals surface area contributed by atoms with E-state index in [1.165, 1.54) is 0 Å². The van der Waals surface area contributed by atoms with Gasteiger partial charge in [-0.25, -0.2) is 4.98 Å². The molecule has 5 nitrogen and oxygen atoms in total. The molecule has 3 heterocycles. The molecule has 0 aliphatic rings. The molecular weight excluding hydrogens is 345 g/mol. The van der Waals surface area contributed by atoms with Crippen LogP contribution in [0.2, 0.25) is 10.0 Å². The third kappa shape index (κ3) is 2.79. The van der Waals surface area contributed by atoms with Crippen molar-refractivity contribution in [3.8, 4) is 11.1 Å². The monoisotopic (exact) mass is 355 g/mol. The Morgan fingerprint density at radius 3 is 2.71 bits per heavy atom. The van der Waals surface area contributed by atoms with Gasteiger partial charge in [0.1, 0.15) is 5.82 Å². The Morgan fingerprint density at radius 1 is 0.917 bits per heavy atom. The van der Waals surface area contributed by atoms with Gasteiger partial charge in [-0.3, -0.25) is 0 Å². The zero-order chi connectivity index (χ0) is 16.5. The Balaban J connectivity index is 1.70. The summed E-state index contributed by atoms with van der Waals surface area (Å²) in [5, 5.41) is 12.7. The van der Waals surface area contributed by atoms with Crippen LogP contribution in [0.25, 0.3) is 16.6 Å². The minimum atomic E-state index is 0.492. The van der Waals surface area contributed by atoms with Crippen molar-refractivity contribution in [2.75, 3.05) is 5.32 Å². The molecule has 0 amide bonds. The molecule has 0 saturated carbocycles. The van der Waals surface area contributed by atoms with Gasteiger partial charge in [0.2, 0.25) is 0 Å². The van der Waals surface area contributed by atoms with Crippen molar-refractivity contribution in [1.82, 2.24) is 19.8 Å². The lowest BCUT2D eigenvalue weighted by Crippen LogP contribution is -1.94. The van der Waals surface area contributed by atoms with E-state index in [-0.39, 0.29) is 0 Å². The molecule has 7 heteroatoms. The third-order valence-corrected chi connectivity index (χ3v) is 4.31. The lowest BCUT2D eigenvalue weighted by Gasteiger charge is -2.08. The topological polar surface area (TPSA) is 55.1 Å². The van der Waals surface area contributed by atoms with Crippen molar-refractivity contribution in [3.05, 3.63) is 71.1 Å². The fraction of sp³-hybridized carbons (Fsp3) is 0. The first-order valence-electron chi connectivity index (χ1n) is 7.18. The number of halogens is 2. The van der Waals surface area contributed by atoms with Gasteiger partial charge in [-0.15, -0.1) is 0 Å². The number of anilines is 2. The van der Waals surface area contributed by atoms with Crippen molar-refractivity contribution in [1.29, 1.82) is 0 Å². The molecule has 118 valence electrons. The number of aromatic nitrogens is 4. The van der Waals surface area contributed by atoms with Gasteiger partial charge < -0.3 is 5.32 Å². The summed E-state index contributed by atoms with van der Waals surface area (Å²) < 4.78 is 1.60. The van der Waals surface area contributed by atoms with Gasteiger partial charge in [0.05, 0.1) is 21.8 Å². The van der Waals surface area contributed by atoms with Gasteiger partial charge in [0.15, 0.2) is 0 Å².